The number of hydrogen-bond donors (Lipinski definition) is 0. The van der Waals surface area contributed by atoms with Crippen molar-refractivity contribution in [1.82, 2.24) is 9.80 Å². The number of esters is 1. The lowest BCUT2D eigenvalue weighted by molar-refractivity contribution is 0.0526. The molecule has 174 valence electrons. The second kappa shape index (κ2) is 9.56. The highest BCUT2D eigenvalue weighted by atomic mass is 16.5. The standard InChI is InChI=1S/C27H32N2O4/c1-2-32-27(31)19-7-9-23(10-8-19)33-24-11-12-25-20(17-24)13-16-29(26(25)30)22-14-15-28(18-22)21-5-3-4-6-21/h7-12,17,21-22H,2-6,13-16,18H2,1H3. The summed E-state index contributed by atoms with van der Waals surface area (Å²) in [6, 6.07) is 13.7. The Labute approximate surface area is 195 Å². The molecule has 1 atom stereocenters. The largest absolute Gasteiger partial charge is 0.462 e. The van der Waals surface area contributed by atoms with Gasteiger partial charge in [-0.05, 0) is 80.6 Å². The average molecular weight is 449 g/mol. The van der Waals surface area contributed by atoms with Crippen molar-refractivity contribution < 1.29 is 19.1 Å². The van der Waals surface area contributed by atoms with Crippen LogP contribution in [0.2, 0.25) is 0 Å². The maximum Gasteiger partial charge on any atom is 0.338 e. The third-order valence-corrected chi connectivity index (χ3v) is 7.27. The van der Waals surface area contributed by atoms with E-state index in [1.165, 1.54) is 25.7 Å². The Hall–Kier alpha value is -2.86. The van der Waals surface area contributed by atoms with Crippen LogP contribution in [0.3, 0.4) is 0 Å². The summed E-state index contributed by atoms with van der Waals surface area (Å²) < 4.78 is 11.0. The molecule has 1 saturated heterocycles. The lowest BCUT2D eigenvalue weighted by Gasteiger charge is -2.34. The number of fused-ring (bicyclic) bond motifs is 1. The Balaban J connectivity index is 1.23. The van der Waals surface area contributed by atoms with Gasteiger partial charge in [-0.25, -0.2) is 4.79 Å². The molecule has 2 fully saturated rings. The van der Waals surface area contributed by atoms with Crippen LogP contribution in [-0.2, 0) is 11.2 Å². The zero-order chi connectivity index (χ0) is 22.8. The average Bonchev–Trinajstić information content (AvgIpc) is 3.52. The van der Waals surface area contributed by atoms with E-state index >= 15 is 0 Å². The molecule has 1 saturated carbocycles. The lowest BCUT2D eigenvalue weighted by atomic mass is 9.97. The molecule has 1 unspecified atom stereocenters. The van der Waals surface area contributed by atoms with E-state index in [2.05, 4.69) is 9.80 Å². The lowest BCUT2D eigenvalue weighted by Crippen LogP contribution is -2.46. The van der Waals surface area contributed by atoms with E-state index in [9.17, 15) is 9.59 Å². The number of nitrogens with zero attached hydrogens (tertiary/aromatic N) is 2. The molecule has 5 rings (SSSR count). The van der Waals surface area contributed by atoms with E-state index in [0.717, 1.165) is 49.6 Å². The first-order valence-electron chi connectivity index (χ1n) is 12.3. The summed E-state index contributed by atoms with van der Waals surface area (Å²) in [7, 11) is 0. The van der Waals surface area contributed by atoms with Crippen LogP contribution in [0.15, 0.2) is 42.5 Å². The van der Waals surface area contributed by atoms with E-state index in [1.54, 1.807) is 31.2 Å². The Morgan fingerprint density at radius 2 is 1.73 bits per heavy atom. The Kier molecular flexibility index (Phi) is 6.36. The number of rotatable bonds is 6. The molecule has 33 heavy (non-hydrogen) atoms. The minimum atomic E-state index is -0.338. The predicted molar refractivity (Wildman–Crippen MR) is 126 cm³/mol. The van der Waals surface area contributed by atoms with Gasteiger partial charge in [-0.2, -0.15) is 0 Å². The van der Waals surface area contributed by atoms with Crippen molar-refractivity contribution in [3.63, 3.8) is 0 Å². The summed E-state index contributed by atoms with van der Waals surface area (Å²) in [5.41, 5.74) is 2.34. The van der Waals surface area contributed by atoms with Gasteiger partial charge in [0.2, 0.25) is 0 Å². The van der Waals surface area contributed by atoms with Crippen LogP contribution in [0.1, 0.15) is 65.3 Å². The molecule has 1 aliphatic carbocycles. The number of carbonyl (C=O) groups is 2. The second-order valence-corrected chi connectivity index (χ2v) is 9.29. The van der Waals surface area contributed by atoms with Crippen molar-refractivity contribution in [2.45, 2.75) is 57.5 Å². The van der Waals surface area contributed by atoms with Gasteiger partial charge in [0.25, 0.3) is 5.91 Å². The van der Waals surface area contributed by atoms with Crippen LogP contribution in [0.25, 0.3) is 0 Å². The van der Waals surface area contributed by atoms with Crippen molar-refractivity contribution in [3.05, 3.63) is 59.2 Å². The molecular formula is C27H32N2O4. The summed E-state index contributed by atoms with van der Waals surface area (Å²) in [6.45, 7) is 5.05. The zero-order valence-corrected chi connectivity index (χ0v) is 19.3. The third kappa shape index (κ3) is 4.62. The predicted octanol–water partition coefficient (Wildman–Crippen LogP) is 4.67. The maximum atomic E-state index is 13.3. The van der Waals surface area contributed by atoms with Crippen LogP contribution in [0, 0.1) is 0 Å². The molecule has 2 aromatic carbocycles. The fraction of sp³-hybridized carbons (Fsp3) is 0.481. The van der Waals surface area contributed by atoms with Crippen LogP contribution < -0.4 is 4.74 Å². The number of ether oxygens (including phenoxy) is 2. The topological polar surface area (TPSA) is 59.1 Å². The monoisotopic (exact) mass is 448 g/mol. The van der Waals surface area contributed by atoms with Crippen molar-refractivity contribution in [3.8, 4) is 11.5 Å². The number of amides is 1. The summed E-state index contributed by atoms with van der Waals surface area (Å²) in [6.07, 6.45) is 7.26. The fourth-order valence-corrected chi connectivity index (χ4v) is 5.53. The van der Waals surface area contributed by atoms with E-state index in [4.69, 9.17) is 9.47 Å². The van der Waals surface area contributed by atoms with Crippen molar-refractivity contribution in [2.24, 2.45) is 0 Å². The molecule has 2 aromatic rings. The summed E-state index contributed by atoms with van der Waals surface area (Å²) in [5, 5.41) is 0. The summed E-state index contributed by atoms with van der Waals surface area (Å²) in [4.78, 5) is 29.8. The second-order valence-electron chi connectivity index (χ2n) is 9.29. The molecule has 0 spiro atoms. The van der Waals surface area contributed by atoms with Crippen molar-refractivity contribution >= 4 is 11.9 Å². The minimum Gasteiger partial charge on any atom is -0.462 e. The summed E-state index contributed by atoms with van der Waals surface area (Å²) >= 11 is 0. The van der Waals surface area contributed by atoms with E-state index in [-0.39, 0.29) is 11.9 Å². The van der Waals surface area contributed by atoms with E-state index < -0.39 is 0 Å². The van der Waals surface area contributed by atoms with Gasteiger partial charge in [0.1, 0.15) is 11.5 Å². The van der Waals surface area contributed by atoms with Gasteiger partial charge in [0.15, 0.2) is 0 Å². The Morgan fingerprint density at radius 1 is 0.970 bits per heavy atom. The molecule has 6 heteroatoms. The van der Waals surface area contributed by atoms with Crippen LogP contribution in [-0.4, -0.2) is 60.0 Å². The first-order chi connectivity index (χ1) is 16.1. The van der Waals surface area contributed by atoms with Gasteiger partial charge >= 0.3 is 5.97 Å². The maximum absolute atomic E-state index is 13.3. The number of hydrogen-bond acceptors (Lipinski definition) is 5. The van der Waals surface area contributed by atoms with E-state index in [1.807, 2.05) is 18.2 Å². The molecule has 6 nitrogen and oxygen atoms in total. The van der Waals surface area contributed by atoms with Crippen molar-refractivity contribution in [2.75, 3.05) is 26.2 Å². The highest BCUT2D eigenvalue weighted by molar-refractivity contribution is 5.97. The molecule has 0 aromatic heterocycles. The normalized spacial score (nSPS) is 21.3. The van der Waals surface area contributed by atoms with Gasteiger partial charge in [0.05, 0.1) is 12.2 Å². The van der Waals surface area contributed by atoms with E-state index in [0.29, 0.717) is 29.7 Å². The molecule has 2 heterocycles. The minimum absolute atomic E-state index is 0.153. The Morgan fingerprint density at radius 3 is 2.48 bits per heavy atom. The first-order valence-corrected chi connectivity index (χ1v) is 12.3. The third-order valence-electron chi connectivity index (χ3n) is 7.27. The SMILES string of the molecule is CCOC(=O)c1ccc(Oc2ccc3c(c2)CCN(C2CCN(C4CCCC4)C2)C3=O)cc1. The van der Waals surface area contributed by atoms with Gasteiger partial charge in [0, 0.05) is 37.3 Å². The van der Waals surface area contributed by atoms with Crippen LogP contribution >= 0.6 is 0 Å². The van der Waals surface area contributed by atoms with Gasteiger partial charge in [-0.3, -0.25) is 9.69 Å². The molecule has 0 bridgehead atoms. The van der Waals surface area contributed by atoms with Crippen molar-refractivity contribution in [1.29, 1.82) is 0 Å². The smallest absolute Gasteiger partial charge is 0.338 e. The number of benzene rings is 2. The number of carbonyl (C=O) groups excluding carboxylic acids is 2. The highest BCUT2D eigenvalue weighted by Gasteiger charge is 2.36. The van der Waals surface area contributed by atoms with Gasteiger partial charge in [-0.15, -0.1) is 0 Å². The Bertz CT molecular complexity index is 1010. The molecule has 1 amide bonds. The zero-order valence-electron chi connectivity index (χ0n) is 19.3. The van der Waals surface area contributed by atoms with Crippen LogP contribution in [0.5, 0.6) is 11.5 Å². The first kappa shape index (κ1) is 22.0. The van der Waals surface area contributed by atoms with Crippen LogP contribution in [0.4, 0.5) is 0 Å². The quantitative estimate of drug-likeness (QED) is 0.601. The van der Waals surface area contributed by atoms with Gasteiger partial charge in [-0.1, -0.05) is 12.8 Å². The molecule has 3 aliphatic rings. The summed E-state index contributed by atoms with van der Waals surface area (Å²) in [5.74, 6) is 1.16. The highest BCUT2D eigenvalue weighted by Crippen LogP contribution is 2.32. The fourth-order valence-electron chi connectivity index (χ4n) is 5.53. The number of likely N-dealkylation sites (tertiary alicyclic amines) is 1. The molecular weight excluding hydrogens is 416 g/mol. The van der Waals surface area contributed by atoms with Gasteiger partial charge < -0.3 is 14.4 Å². The molecule has 0 N–H and O–H groups in total. The molecule has 2 aliphatic heterocycles. The molecule has 0 radical (unpaired) electrons.